The third-order valence-corrected chi connectivity index (χ3v) is 4.37. The molecular formula is C19H19FN2O3. The minimum atomic E-state index is -0.619. The van der Waals surface area contributed by atoms with Crippen LogP contribution in [0, 0.1) is 5.82 Å². The van der Waals surface area contributed by atoms with Crippen LogP contribution in [0.4, 0.5) is 10.1 Å². The summed E-state index contributed by atoms with van der Waals surface area (Å²) >= 11 is 0. The van der Waals surface area contributed by atoms with Gasteiger partial charge in [0.15, 0.2) is 0 Å². The smallest absolute Gasteiger partial charge is 0.254 e. The molecule has 2 aromatic rings. The molecular weight excluding hydrogens is 323 g/mol. The molecule has 0 aromatic heterocycles. The van der Waals surface area contributed by atoms with E-state index in [4.69, 9.17) is 4.74 Å². The van der Waals surface area contributed by atoms with E-state index in [-0.39, 0.29) is 17.4 Å². The van der Waals surface area contributed by atoms with Crippen molar-refractivity contribution in [3.8, 4) is 5.75 Å². The van der Waals surface area contributed by atoms with Gasteiger partial charge in [0.25, 0.3) is 5.91 Å². The van der Waals surface area contributed by atoms with Gasteiger partial charge >= 0.3 is 0 Å². The molecule has 0 spiro atoms. The molecule has 0 N–H and O–H groups in total. The summed E-state index contributed by atoms with van der Waals surface area (Å²) in [6, 6.07) is 12.1. The normalized spacial score (nSPS) is 17.6. The van der Waals surface area contributed by atoms with Crippen LogP contribution in [0.2, 0.25) is 0 Å². The van der Waals surface area contributed by atoms with Gasteiger partial charge in [-0.15, -0.1) is 0 Å². The Labute approximate surface area is 145 Å². The largest absolute Gasteiger partial charge is 0.497 e. The van der Waals surface area contributed by atoms with Crippen LogP contribution in [0.1, 0.15) is 17.3 Å². The molecule has 1 aliphatic rings. The second-order valence-electron chi connectivity index (χ2n) is 5.87. The number of nitrogens with zero attached hydrogens (tertiary/aromatic N) is 2. The van der Waals surface area contributed by atoms with E-state index in [1.54, 1.807) is 37.1 Å². The quantitative estimate of drug-likeness (QED) is 0.862. The Morgan fingerprint density at radius 1 is 1.16 bits per heavy atom. The van der Waals surface area contributed by atoms with Gasteiger partial charge < -0.3 is 14.5 Å². The second kappa shape index (κ2) is 6.93. The lowest BCUT2D eigenvalue weighted by atomic mass is 10.1. The van der Waals surface area contributed by atoms with E-state index in [9.17, 15) is 14.0 Å². The maximum Gasteiger partial charge on any atom is 0.254 e. The Kier molecular flexibility index (Phi) is 4.70. The molecule has 1 saturated heterocycles. The maximum absolute atomic E-state index is 13.4. The zero-order valence-corrected chi connectivity index (χ0v) is 14.1. The predicted octanol–water partition coefficient (Wildman–Crippen LogP) is 2.71. The van der Waals surface area contributed by atoms with Gasteiger partial charge in [-0.05, 0) is 49.4 Å². The highest BCUT2D eigenvalue weighted by molar-refractivity contribution is 6.03. The van der Waals surface area contributed by atoms with Crippen LogP contribution in [-0.2, 0) is 4.79 Å². The van der Waals surface area contributed by atoms with E-state index in [1.165, 1.54) is 23.1 Å². The fraction of sp³-hybridized carbons (Fsp3) is 0.263. The molecule has 0 aliphatic carbocycles. The Morgan fingerprint density at radius 2 is 1.88 bits per heavy atom. The zero-order chi connectivity index (χ0) is 18.0. The number of hydrogen-bond donors (Lipinski definition) is 0. The summed E-state index contributed by atoms with van der Waals surface area (Å²) in [4.78, 5) is 28.5. The van der Waals surface area contributed by atoms with Gasteiger partial charge in [-0.2, -0.15) is 0 Å². The van der Waals surface area contributed by atoms with Crippen molar-refractivity contribution in [3.05, 3.63) is 59.9 Å². The van der Waals surface area contributed by atoms with Gasteiger partial charge in [-0.1, -0.05) is 6.07 Å². The van der Waals surface area contributed by atoms with Crippen molar-refractivity contribution in [1.82, 2.24) is 4.90 Å². The number of halogens is 1. The summed E-state index contributed by atoms with van der Waals surface area (Å²) < 4.78 is 18.5. The van der Waals surface area contributed by atoms with Crippen molar-refractivity contribution < 1.29 is 18.7 Å². The minimum absolute atomic E-state index is 0.166. The number of benzene rings is 2. The van der Waals surface area contributed by atoms with Crippen LogP contribution in [0.25, 0.3) is 0 Å². The third kappa shape index (κ3) is 3.33. The first-order chi connectivity index (χ1) is 12.0. The van der Waals surface area contributed by atoms with Gasteiger partial charge in [0.05, 0.1) is 7.11 Å². The maximum atomic E-state index is 13.4. The zero-order valence-electron chi connectivity index (χ0n) is 14.1. The van der Waals surface area contributed by atoms with Crippen LogP contribution in [0.5, 0.6) is 5.75 Å². The van der Waals surface area contributed by atoms with Crippen molar-refractivity contribution in [2.45, 2.75) is 13.0 Å². The Morgan fingerprint density at radius 3 is 2.52 bits per heavy atom. The molecule has 0 saturated carbocycles. The average molecular weight is 342 g/mol. The molecule has 25 heavy (non-hydrogen) atoms. The molecule has 2 aromatic carbocycles. The molecule has 1 fully saturated rings. The minimum Gasteiger partial charge on any atom is -0.497 e. The molecule has 3 rings (SSSR count). The number of carbonyl (C=O) groups is 2. The topological polar surface area (TPSA) is 49.9 Å². The molecule has 1 aliphatic heterocycles. The fourth-order valence-corrected chi connectivity index (χ4v) is 2.95. The lowest BCUT2D eigenvalue weighted by molar-refractivity contribution is -0.124. The van der Waals surface area contributed by atoms with Crippen LogP contribution in [-0.4, -0.2) is 43.0 Å². The van der Waals surface area contributed by atoms with Crippen molar-refractivity contribution in [1.29, 1.82) is 0 Å². The summed E-state index contributed by atoms with van der Waals surface area (Å²) in [6.45, 7) is 2.46. The molecule has 5 nitrogen and oxygen atoms in total. The van der Waals surface area contributed by atoms with E-state index in [0.29, 0.717) is 18.8 Å². The lowest BCUT2D eigenvalue weighted by Gasteiger charge is -2.39. The lowest BCUT2D eigenvalue weighted by Crippen LogP contribution is -2.57. The highest BCUT2D eigenvalue weighted by atomic mass is 19.1. The molecule has 6 heteroatoms. The SMILES string of the molecule is COc1ccc(N2CCN(C(=O)c3cccc(F)c3)[C@H](C)C2=O)cc1. The van der Waals surface area contributed by atoms with Gasteiger partial charge in [0.1, 0.15) is 17.6 Å². The number of carbonyl (C=O) groups excluding carboxylic acids is 2. The number of amides is 2. The fourth-order valence-electron chi connectivity index (χ4n) is 2.95. The van der Waals surface area contributed by atoms with Crippen LogP contribution < -0.4 is 9.64 Å². The molecule has 0 radical (unpaired) electrons. The number of anilines is 1. The molecule has 0 bridgehead atoms. The molecule has 1 heterocycles. The highest BCUT2D eigenvalue weighted by Crippen LogP contribution is 2.24. The van der Waals surface area contributed by atoms with Crippen molar-refractivity contribution in [3.63, 3.8) is 0 Å². The average Bonchev–Trinajstić information content (AvgIpc) is 2.63. The highest BCUT2D eigenvalue weighted by Gasteiger charge is 2.35. The van der Waals surface area contributed by atoms with Crippen molar-refractivity contribution >= 4 is 17.5 Å². The second-order valence-corrected chi connectivity index (χ2v) is 5.87. The molecule has 0 unspecified atom stereocenters. The van der Waals surface area contributed by atoms with Crippen molar-refractivity contribution in [2.75, 3.05) is 25.1 Å². The number of hydrogen-bond acceptors (Lipinski definition) is 3. The van der Waals surface area contributed by atoms with Crippen molar-refractivity contribution in [2.24, 2.45) is 0 Å². The Hall–Kier alpha value is -2.89. The standard InChI is InChI=1S/C19H19FN2O3/c1-13-18(23)22(16-6-8-17(25-2)9-7-16)11-10-21(13)19(24)14-4-3-5-15(20)12-14/h3-9,12-13H,10-11H2,1-2H3/t13-/m1/s1. The van der Waals surface area contributed by atoms with Crippen LogP contribution in [0.3, 0.4) is 0 Å². The first kappa shape index (κ1) is 17.0. The van der Waals surface area contributed by atoms with Gasteiger partial charge in [-0.3, -0.25) is 9.59 Å². The van der Waals surface area contributed by atoms with Crippen LogP contribution in [0.15, 0.2) is 48.5 Å². The Balaban J connectivity index is 1.77. The van der Waals surface area contributed by atoms with E-state index >= 15 is 0 Å². The van der Waals surface area contributed by atoms with Gasteiger partial charge in [0, 0.05) is 24.3 Å². The Bertz CT molecular complexity index is 792. The summed E-state index contributed by atoms with van der Waals surface area (Å²) in [5, 5.41) is 0. The van der Waals surface area contributed by atoms with Gasteiger partial charge in [-0.25, -0.2) is 4.39 Å². The number of methoxy groups -OCH3 is 1. The number of piperazine rings is 1. The predicted molar refractivity (Wildman–Crippen MR) is 92.2 cm³/mol. The van der Waals surface area contributed by atoms with E-state index < -0.39 is 11.9 Å². The summed E-state index contributed by atoms with van der Waals surface area (Å²) in [5.74, 6) is -0.262. The monoisotopic (exact) mass is 342 g/mol. The molecule has 130 valence electrons. The molecule has 2 amide bonds. The first-order valence-electron chi connectivity index (χ1n) is 8.03. The first-order valence-corrected chi connectivity index (χ1v) is 8.03. The summed E-state index contributed by atoms with van der Waals surface area (Å²) in [7, 11) is 1.58. The van der Waals surface area contributed by atoms with E-state index in [2.05, 4.69) is 0 Å². The molecule has 1 atom stereocenters. The van der Waals surface area contributed by atoms with Gasteiger partial charge in [0.2, 0.25) is 5.91 Å². The third-order valence-electron chi connectivity index (χ3n) is 4.37. The van der Waals surface area contributed by atoms with Crippen LogP contribution >= 0.6 is 0 Å². The van der Waals surface area contributed by atoms with E-state index in [0.717, 1.165) is 5.69 Å². The van der Waals surface area contributed by atoms with E-state index in [1.807, 2.05) is 12.1 Å². The number of ether oxygens (including phenoxy) is 1. The summed E-state index contributed by atoms with van der Waals surface area (Å²) in [6.07, 6.45) is 0. The number of rotatable bonds is 3. The summed E-state index contributed by atoms with van der Waals surface area (Å²) in [5.41, 5.74) is 1.01.